The predicted molar refractivity (Wildman–Crippen MR) is 75.0 cm³/mol. The zero-order valence-corrected chi connectivity index (χ0v) is 11.4. The predicted octanol–water partition coefficient (Wildman–Crippen LogP) is 1.30. The van der Waals surface area contributed by atoms with Crippen LogP contribution in [-0.2, 0) is 11.2 Å². The third-order valence-corrected chi connectivity index (χ3v) is 3.80. The molecule has 1 aliphatic heterocycles. The Kier molecular flexibility index (Phi) is 4.80. The minimum atomic E-state index is 0.0244. The highest BCUT2D eigenvalue weighted by atomic mass is 16.3. The van der Waals surface area contributed by atoms with E-state index >= 15 is 0 Å². The summed E-state index contributed by atoms with van der Waals surface area (Å²) in [6.45, 7) is 5.04. The van der Waals surface area contributed by atoms with E-state index in [4.69, 9.17) is 0 Å². The van der Waals surface area contributed by atoms with E-state index in [1.807, 2.05) is 6.07 Å². The highest BCUT2D eigenvalue weighted by molar-refractivity contribution is 5.78. The quantitative estimate of drug-likeness (QED) is 0.766. The van der Waals surface area contributed by atoms with Crippen LogP contribution in [0.4, 0.5) is 0 Å². The molecule has 1 heterocycles. The number of carbonyl (C=O) groups excluding carboxylic acids is 1. The summed E-state index contributed by atoms with van der Waals surface area (Å²) < 4.78 is 0. The Bertz CT molecular complexity index is 434. The summed E-state index contributed by atoms with van der Waals surface area (Å²) in [6.07, 6.45) is 1.45. The van der Waals surface area contributed by atoms with E-state index in [2.05, 4.69) is 17.6 Å². The van der Waals surface area contributed by atoms with Crippen molar-refractivity contribution in [1.82, 2.24) is 10.6 Å². The lowest BCUT2D eigenvalue weighted by Crippen LogP contribution is -2.41. The van der Waals surface area contributed by atoms with Crippen molar-refractivity contribution in [1.29, 1.82) is 0 Å². The molecule has 1 aromatic rings. The summed E-state index contributed by atoms with van der Waals surface area (Å²) in [5, 5.41) is 15.7. The van der Waals surface area contributed by atoms with E-state index in [1.54, 1.807) is 18.2 Å². The van der Waals surface area contributed by atoms with Gasteiger partial charge in [-0.05, 0) is 49.0 Å². The number of piperidine rings is 1. The molecule has 0 saturated carbocycles. The number of nitrogens with one attached hydrogen (secondary N) is 2. The maximum Gasteiger partial charge on any atom is 0.224 e. The fourth-order valence-corrected chi connectivity index (χ4v) is 2.53. The van der Waals surface area contributed by atoms with Crippen molar-refractivity contribution in [3.05, 3.63) is 29.8 Å². The number of carbonyl (C=O) groups is 1. The van der Waals surface area contributed by atoms with Crippen LogP contribution in [0, 0.1) is 11.8 Å². The van der Waals surface area contributed by atoms with Crippen LogP contribution < -0.4 is 10.6 Å². The molecule has 3 N–H and O–H groups in total. The topological polar surface area (TPSA) is 61.4 Å². The van der Waals surface area contributed by atoms with Crippen molar-refractivity contribution >= 4 is 5.91 Å². The zero-order chi connectivity index (χ0) is 13.7. The zero-order valence-electron chi connectivity index (χ0n) is 11.4. The normalized spacial score (nSPS) is 23.0. The molecular weight excluding hydrogens is 240 g/mol. The number of amides is 1. The number of hydrogen-bond acceptors (Lipinski definition) is 3. The molecule has 19 heavy (non-hydrogen) atoms. The maximum atomic E-state index is 11.9. The van der Waals surface area contributed by atoms with Gasteiger partial charge in [-0.25, -0.2) is 0 Å². The average molecular weight is 262 g/mol. The van der Waals surface area contributed by atoms with Gasteiger partial charge in [-0.15, -0.1) is 0 Å². The summed E-state index contributed by atoms with van der Waals surface area (Å²) in [6, 6.07) is 6.85. The van der Waals surface area contributed by atoms with Crippen LogP contribution in [-0.4, -0.2) is 30.6 Å². The number of phenolic OH excluding ortho intramolecular Hbond substituents is 1. The largest absolute Gasteiger partial charge is 0.508 e. The van der Waals surface area contributed by atoms with Crippen LogP contribution >= 0.6 is 0 Å². The molecule has 0 aromatic heterocycles. The summed E-state index contributed by atoms with van der Waals surface area (Å²) in [4.78, 5) is 11.9. The second-order valence-corrected chi connectivity index (χ2v) is 5.38. The molecule has 2 atom stereocenters. The molecule has 4 heteroatoms. The summed E-state index contributed by atoms with van der Waals surface area (Å²) in [5.74, 6) is 1.40. The van der Waals surface area contributed by atoms with E-state index in [0.29, 0.717) is 18.3 Å². The molecule has 0 aliphatic carbocycles. The van der Waals surface area contributed by atoms with E-state index in [0.717, 1.165) is 31.6 Å². The molecule has 1 aliphatic rings. The number of hydrogen-bond donors (Lipinski definition) is 3. The first-order valence-electron chi connectivity index (χ1n) is 6.90. The molecule has 1 fully saturated rings. The second-order valence-electron chi connectivity index (χ2n) is 5.38. The lowest BCUT2D eigenvalue weighted by molar-refractivity contribution is -0.120. The van der Waals surface area contributed by atoms with Crippen LogP contribution in [0.1, 0.15) is 18.9 Å². The Labute approximate surface area is 114 Å². The van der Waals surface area contributed by atoms with Crippen LogP contribution in [0.25, 0.3) is 0 Å². The molecule has 104 valence electrons. The van der Waals surface area contributed by atoms with Gasteiger partial charge in [0.1, 0.15) is 5.75 Å². The standard InChI is InChI=1S/C15H22N2O2/c1-11-9-16-6-5-13(11)10-17-15(19)8-12-3-2-4-14(18)7-12/h2-4,7,11,13,16,18H,5-6,8-10H2,1H3,(H,17,19). The van der Waals surface area contributed by atoms with Gasteiger partial charge >= 0.3 is 0 Å². The van der Waals surface area contributed by atoms with Gasteiger partial charge < -0.3 is 15.7 Å². The van der Waals surface area contributed by atoms with E-state index in [9.17, 15) is 9.90 Å². The highest BCUT2D eigenvalue weighted by Crippen LogP contribution is 2.17. The molecule has 1 aromatic carbocycles. The monoisotopic (exact) mass is 262 g/mol. The molecule has 1 saturated heterocycles. The third-order valence-electron chi connectivity index (χ3n) is 3.80. The van der Waals surface area contributed by atoms with Gasteiger partial charge in [0, 0.05) is 6.54 Å². The van der Waals surface area contributed by atoms with Crippen molar-refractivity contribution in [3.63, 3.8) is 0 Å². The Morgan fingerprint density at radius 2 is 2.37 bits per heavy atom. The van der Waals surface area contributed by atoms with Crippen molar-refractivity contribution in [2.45, 2.75) is 19.8 Å². The van der Waals surface area contributed by atoms with E-state index in [-0.39, 0.29) is 11.7 Å². The molecule has 0 radical (unpaired) electrons. The van der Waals surface area contributed by atoms with E-state index < -0.39 is 0 Å². The summed E-state index contributed by atoms with van der Waals surface area (Å²) in [7, 11) is 0. The van der Waals surface area contributed by atoms with Crippen LogP contribution in [0.2, 0.25) is 0 Å². The lowest BCUT2D eigenvalue weighted by atomic mass is 9.88. The third kappa shape index (κ3) is 4.24. The molecule has 2 rings (SSSR count). The van der Waals surface area contributed by atoms with Crippen LogP contribution in [0.5, 0.6) is 5.75 Å². The Hall–Kier alpha value is -1.55. The van der Waals surface area contributed by atoms with Crippen molar-refractivity contribution in [3.8, 4) is 5.75 Å². The Balaban J connectivity index is 1.78. The van der Waals surface area contributed by atoms with Crippen LogP contribution in [0.15, 0.2) is 24.3 Å². The first kappa shape index (κ1) is 13.9. The van der Waals surface area contributed by atoms with Gasteiger partial charge in [-0.2, -0.15) is 0 Å². The Morgan fingerprint density at radius 1 is 1.53 bits per heavy atom. The van der Waals surface area contributed by atoms with Crippen molar-refractivity contribution in [2.75, 3.05) is 19.6 Å². The van der Waals surface area contributed by atoms with Gasteiger partial charge in [0.15, 0.2) is 0 Å². The molecule has 1 amide bonds. The number of phenols is 1. The molecular formula is C15H22N2O2. The first-order valence-corrected chi connectivity index (χ1v) is 6.90. The summed E-state index contributed by atoms with van der Waals surface area (Å²) >= 11 is 0. The first-order chi connectivity index (χ1) is 9.15. The van der Waals surface area contributed by atoms with E-state index in [1.165, 1.54) is 0 Å². The van der Waals surface area contributed by atoms with Gasteiger partial charge in [0.05, 0.1) is 6.42 Å². The summed E-state index contributed by atoms with van der Waals surface area (Å²) in [5.41, 5.74) is 0.843. The van der Waals surface area contributed by atoms with Gasteiger partial charge in [-0.3, -0.25) is 4.79 Å². The fraction of sp³-hybridized carbons (Fsp3) is 0.533. The lowest BCUT2D eigenvalue weighted by Gasteiger charge is -2.29. The number of aromatic hydroxyl groups is 1. The van der Waals surface area contributed by atoms with Gasteiger partial charge in [-0.1, -0.05) is 19.1 Å². The highest BCUT2D eigenvalue weighted by Gasteiger charge is 2.21. The maximum absolute atomic E-state index is 11.9. The Morgan fingerprint density at radius 3 is 3.11 bits per heavy atom. The molecule has 4 nitrogen and oxygen atoms in total. The SMILES string of the molecule is CC1CNCCC1CNC(=O)Cc1cccc(O)c1. The average Bonchev–Trinajstić information content (AvgIpc) is 2.38. The second kappa shape index (κ2) is 6.57. The molecule has 0 bridgehead atoms. The van der Waals surface area contributed by atoms with Crippen molar-refractivity contribution < 1.29 is 9.90 Å². The number of rotatable bonds is 4. The molecule has 2 unspecified atom stereocenters. The van der Waals surface area contributed by atoms with Crippen LogP contribution in [0.3, 0.4) is 0 Å². The van der Waals surface area contributed by atoms with Gasteiger partial charge in [0.2, 0.25) is 5.91 Å². The van der Waals surface area contributed by atoms with Crippen molar-refractivity contribution in [2.24, 2.45) is 11.8 Å². The minimum absolute atomic E-state index is 0.0244. The minimum Gasteiger partial charge on any atom is -0.508 e. The smallest absolute Gasteiger partial charge is 0.224 e. The number of benzene rings is 1. The fourth-order valence-electron chi connectivity index (χ4n) is 2.53. The van der Waals surface area contributed by atoms with Gasteiger partial charge in [0.25, 0.3) is 0 Å². The molecule has 0 spiro atoms.